The average molecular weight is 363 g/mol. The predicted molar refractivity (Wildman–Crippen MR) is 89.2 cm³/mol. The smallest absolute Gasteiger partial charge is 0.265 e. The Balaban J connectivity index is 1.85. The normalized spacial score (nSPS) is 13.3. The van der Waals surface area contributed by atoms with Crippen LogP contribution in [0.5, 0.6) is 11.5 Å². The minimum atomic E-state index is -4.05. The van der Waals surface area contributed by atoms with E-state index in [9.17, 15) is 13.2 Å². The molecule has 0 saturated carbocycles. The van der Waals surface area contributed by atoms with Crippen molar-refractivity contribution < 1.29 is 27.4 Å². The van der Waals surface area contributed by atoms with Gasteiger partial charge in [0.25, 0.3) is 15.9 Å². The molecule has 0 saturated heterocycles. The van der Waals surface area contributed by atoms with Gasteiger partial charge in [-0.2, -0.15) is 0 Å². The van der Waals surface area contributed by atoms with Gasteiger partial charge in [0.1, 0.15) is 13.2 Å². The molecule has 2 aromatic rings. The zero-order chi connectivity index (χ0) is 17.9. The number of amides is 1. The maximum absolute atomic E-state index is 12.5. The summed E-state index contributed by atoms with van der Waals surface area (Å²) in [6.45, 7) is 0.951. The van der Waals surface area contributed by atoms with E-state index in [-0.39, 0.29) is 17.1 Å². The van der Waals surface area contributed by atoms with Crippen LogP contribution in [-0.4, -0.2) is 34.6 Å². The van der Waals surface area contributed by atoms with Gasteiger partial charge in [-0.1, -0.05) is 18.2 Å². The predicted octanol–water partition coefficient (Wildman–Crippen LogP) is 1.72. The van der Waals surface area contributed by atoms with Crippen LogP contribution in [0.1, 0.15) is 15.9 Å². The number of carbonyl (C=O) groups excluding carboxylic acids is 1. The fourth-order valence-corrected chi connectivity index (χ4v) is 3.43. The summed E-state index contributed by atoms with van der Waals surface area (Å²) >= 11 is 0. The molecule has 132 valence electrons. The lowest BCUT2D eigenvalue weighted by Crippen LogP contribution is -2.31. The van der Waals surface area contributed by atoms with Gasteiger partial charge in [-0.3, -0.25) is 4.79 Å². The average Bonchev–Trinajstić information content (AvgIpc) is 2.61. The fraction of sp³-hybridized carbons (Fsp3) is 0.235. The van der Waals surface area contributed by atoms with Crippen LogP contribution in [0.25, 0.3) is 0 Å². The van der Waals surface area contributed by atoms with Gasteiger partial charge < -0.3 is 14.2 Å². The number of fused-ring (bicyclic) bond motifs is 1. The number of rotatable bonds is 5. The number of sulfonamides is 1. The number of ether oxygens (including phenoxy) is 3. The van der Waals surface area contributed by atoms with Crippen LogP contribution in [0.3, 0.4) is 0 Å². The molecule has 2 aromatic carbocycles. The second-order valence-electron chi connectivity index (χ2n) is 5.33. The summed E-state index contributed by atoms with van der Waals surface area (Å²) in [6, 6.07) is 10.9. The molecule has 7 nitrogen and oxygen atoms in total. The first-order valence-electron chi connectivity index (χ1n) is 7.55. The molecule has 0 aliphatic carbocycles. The van der Waals surface area contributed by atoms with Gasteiger partial charge in [-0.25, -0.2) is 13.1 Å². The zero-order valence-electron chi connectivity index (χ0n) is 13.5. The van der Waals surface area contributed by atoms with E-state index in [0.717, 1.165) is 0 Å². The van der Waals surface area contributed by atoms with Crippen molar-refractivity contribution in [1.82, 2.24) is 4.72 Å². The molecule has 0 aromatic heterocycles. The number of carbonyl (C=O) groups is 1. The highest BCUT2D eigenvalue weighted by molar-refractivity contribution is 7.90. The molecule has 25 heavy (non-hydrogen) atoms. The lowest BCUT2D eigenvalue weighted by Gasteiger charge is -2.19. The molecule has 3 rings (SSSR count). The molecule has 8 heteroatoms. The van der Waals surface area contributed by atoms with Gasteiger partial charge in [-0.15, -0.1) is 0 Å². The molecule has 1 aliphatic rings. The minimum absolute atomic E-state index is 0.0747. The van der Waals surface area contributed by atoms with Gasteiger partial charge in [-0.05, 0) is 23.8 Å². The van der Waals surface area contributed by atoms with Crippen molar-refractivity contribution in [3.05, 3.63) is 53.6 Å². The molecule has 0 radical (unpaired) electrons. The van der Waals surface area contributed by atoms with E-state index in [0.29, 0.717) is 30.3 Å². The molecule has 1 amide bonds. The molecule has 0 spiro atoms. The Morgan fingerprint density at radius 1 is 1.12 bits per heavy atom. The van der Waals surface area contributed by atoms with Crippen LogP contribution in [0.2, 0.25) is 0 Å². The standard InChI is InChI=1S/C17H17NO6S/c1-22-11-12-4-2-3-5-14(12)17(19)18-25(20,21)13-6-7-15-16(10-13)24-9-8-23-15/h2-7,10H,8-9,11H2,1H3,(H,18,19). The molecule has 0 unspecified atom stereocenters. The highest BCUT2D eigenvalue weighted by Gasteiger charge is 2.23. The van der Waals surface area contributed by atoms with Crippen molar-refractivity contribution in [2.45, 2.75) is 11.5 Å². The summed E-state index contributed by atoms with van der Waals surface area (Å²) in [5, 5.41) is 0. The monoisotopic (exact) mass is 363 g/mol. The van der Waals surface area contributed by atoms with Crippen molar-refractivity contribution >= 4 is 15.9 Å². The summed E-state index contributed by atoms with van der Waals surface area (Å²) in [4.78, 5) is 12.3. The SMILES string of the molecule is COCc1ccccc1C(=O)NS(=O)(=O)c1ccc2c(c1)OCCO2. The van der Waals surface area contributed by atoms with E-state index in [1.54, 1.807) is 24.3 Å². The maximum atomic E-state index is 12.5. The molecule has 0 bridgehead atoms. The van der Waals surface area contributed by atoms with E-state index >= 15 is 0 Å². The van der Waals surface area contributed by atoms with Crippen LogP contribution in [0.15, 0.2) is 47.4 Å². The fourth-order valence-electron chi connectivity index (χ4n) is 2.45. The van der Waals surface area contributed by atoms with Crippen LogP contribution in [0.4, 0.5) is 0 Å². The Bertz CT molecular complexity index is 894. The maximum Gasteiger partial charge on any atom is 0.265 e. The van der Waals surface area contributed by atoms with E-state index in [1.807, 2.05) is 0 Å². The van der Waals surface area contributed by atoms with E-state index in [2.05, 4.69) is 4.72 Å². The second-order valence-corrected chi connectivity index (χ2v) is 7.01. The van der Waals surface area contributed by atoms with Crippen LogP contribution >= 0.6 is 0 Å². The highest BCUT2D eigenvalue weighted by Crippen LogP contribution is 2.32. The topological polar surface area (TPSA) is 90.9 Å². The van der Waals surface area contributed by atoms with Gasteiger partial charge in [0, 0.05) is 18.7 Å². The Labute approximate surface area is 145 Å². The first-order valence-corrected chi connectivity index (χ1v) is 9.03. The Morgan fingerprint density at radius 2 is 1.84 bits per heavy atom. The van der Waals surface area contributed by atoms with Crippen molar-refractivity contribution in [2.75, 3.05) is 20.3 Å². The summed E-state index contributed by atoms with van der Waals surface area (Å²) in [5.74, 6) is 0.0888. The number of methoxy groups -OCH3 is 1. The number of benzene rings is 2. The van der Waals surface area contributed by atoms with Gasteiger partial charge in [0.2, 0.25) is 0 Å². The largest absolute Gasteiger partial charge is 0.486 e. The van der Waals surface area contributed by atoms with Gasteiger partial charge >= 0.3 is 0 Å². The number of hydrogen-bond acceptors (Lipinski definition) is 6. The van der Waals surface area contributed by atoms with Crippen LogP contribution < -0.4 is 14.2 Å². The quantitative estimate of drug-likeness (QED) is 0.870. The second kappa shape index (κ2) is 7.12. The van der Waals surface area contributed by atoms with Crippen molar-refractivity contribution in [1.29, 1.82) is 0 Å². The Kier molecular flexibility index (Phi) is 4.91. The zero-order valence-corrected chi connectivity index (χ0v) is 14.3. The number of hydrogen-bond donors (Lipinski definition) is 1. The third kappa shape index (κ3) is 3.75. The van der Waals surface area contributed by atoms with Gasteiger partial charge in [0.15, 0.2) is 11.5 Å². The van der Waals surface area contributed by atoms with Crippen LogP contribution in [-0.2, 0) is 21.4 Å². The van der Waals surface area contributed by atoms with Crippen molar-refractivity contribution in [2.24, 2.45) is 0 Å². The molecule has 1 heterocycles. The first kappa shape index (κ1) is 17.2. The highest BCUT2D eigenvalue weighted by atomic mass is 32.2. The summed E-state index contributed by atoms with van der Waals surface area (Å²) in [5.41, 5.74) is 0.838. The summed E-state index contributed by atoms with van der Waals surface area (Å²) in [6.07, 6.45) is 0. The molecule has 1 N–H and O–H groups in total. The van der Waals surface area contributed by atoms with E-state index in [1.165, 1.54) is 25.3 Å². The van der Waals surface area contributed by atoms with E-state index in [4.69, 9.17) is 14.2 Å². The molecule has 0 atom stereocenters. The molecule has 1 aliphatic heterocycles. The van der Waals surface area contributed by atoms with E-state index < -0.39 is 15.9 Å². The van der Waals surface area contributed by atoms with Gasteiger partial charge in [0.05, 0.1) is 11.5 Å². The molecular formula is C17H17NO6S. The third-order valence-electron chi connectivity index (χ3n) is 3.61. The van der Waals surface area contributed by atoms with Crippen molar-refractivity contribution in [3.8, 4) is 11.5 Å². The summed E-state index contributed by atoms with van der Waals surface area (Å²) in [7, 11) is -2.55. The lowest BCUT2D eigenvalue weighted by molar-refractivity contribution is 0.0976. The number of nitrogens with one attached hydrogen (secondary N) is 1. The van der Waals surface area contributed by atoms with Crippen LogP contribution in [0, 0.1) is 0 Å². The van der Waals surface area contributed by atoms with Crippen molar-refractivity contribution in [3.63, 3.8) is 0 Å². The first-order chi connectivity index (χ1) is 12.0. The molecule has 0 fully saturated rings. The summed E-state index contributed by atoms with van der Waals surface area (Å²) < 4.78 is 42.9. The minimum Gasteiger partial charge on any atom is -0.486 e. The lowest BCUT2D eigenvalue weighted by atomic mass is 10.1. The molecular weight excluding hydrogens is 346 g/mol. The Hall–Kier alpha value is -2.58. The third-order valence-corrected chi connectivity index (χ3v) is 4.94. The Morgan fingerprint density at radius 3 is 2.60 bits per heavy atom.